The van der Waals surface area contributed by atoms with Crippen LogP contribution < -0.4 is 5.32 Å². The summed E-state index contributed by atoms with van der Waals surface area (Å²) < 4.78 is 1.38. The second kappa shape index (κ2) is 6.50. The average molecular weight is 386 g/mol. The van der Waals surface area contributed by atoms with Crippen molar-refractivity contribution >= 4 is 31.9 Å². The monoisotopic (exact) mass is 384 g/mol. The second-order valence-corrected chi connectivity index (χ2v) is 6.00. The Morgan fingerprint density at radius 2 is 1.79 bits per heavy atom. The highest BCUT2D eigenvalue weighted by Crippen LogP contribution is 2.33. The normalized spacial score (nSPS) is 12.4. The molecule has 0 bridgehead atoms. The van der Waals surface area contributed by atoms with Crippen molar-refractivity contribution in [2.75, 3.05) is 0 Å². The van der Waals surface area contributed by atoms with Crippen LogP contribution >= 0.6 is 31.9 Å². The lowest BCUT2D eigenvalue weighted by Gasteiger charge is -2.14. The number of halogens is 2. The van der Waals surface area contributed by atoms with Crippen LogP contribution in [0.5, 0.6) is 5.75 Å². The Labute approximate surface area is 129 Å². The molecule has 0 saturated carbocycles. The Morgan fingerprint density at radius 3 is 2.37 bits per heavy atom. The Kier molecular flexibility index (Phi) is 4.96. The van der Waals surface area contributed by atoms with E-state index in [1.165, 1.54) is 5.56 Å². The van der Waals surface area contributed by atoms with E-state index in [0.717, 1.165) is 12.1 Å². The van der Waals surface area contributed by atoms with Gasteiger partial charge in [0.1, 0.15) is 5.75 Å². The number of aromatic nitrogens is 1. The van der Waals surface area contributed by atoms with Crippen LogP contribution in [0.4, 0.5) is 0 Å². The number of nitrogens with zero attached hydrogens (tertiary/aromatic N) is 1. The number of phenols is 1. The third-order valence-corrected chi connectivity index (χ3v) is 4.10. The maximum absolute atomic E-state index is 9.67. The highest BCUT2D eigenvalue weighted by Gasteiger charge is 2.08. The largest absolute Gasteiger partial charge is 0.506 e. The fourth-order valence-corrected chi connectivity index (χ4v) is 3.04. The zero-order valence-corrected chi connectivity index (χ0v) is 13.6. The molecule has 0 aliphatic carbocycles. The van der Waals surface area contributed by atoms with Gasteiger partial charge in [0.25, 0.3) is 0 Å². The zero-order valence-electron chi connectivity index (χ0n) is 10.4. The van der Waals surface area contributed by atoms with Gasteiger partial charge in [0, 0.05) is 25.0 Å². The first-order chi connectivity index (χ1) is 9.08. The molecule has 0 amide bonds. The van der Waals surface area contributed by atoms with Crippen molar-refractivity contribution in [3.8, 4) is 5.75 Å². The van der Waals surface area contributed by atoms with Crippen molar-refractivity contribution in [1.82, 2.24) is 10.3 Å². The van der Waals surface area contributed by atoms with Gasteiger partial charge in [-0.1, -0.05) is 0 Å². The van der Waals surface area contributed by atoms with E-state index < -0.39 is 0 Å². The summed E-state index contributed by atoms with van der Waals surface area (Å²) in [5.41, 5.74) is 2.30. The van der Waals surface area contributed by atoms with E-state index in [1.807, 2.05) is 24.3 Å². The summed E-state index contributed by atoms with van der Waals surface area (Å²) in [6.45, 7) is 2.83. The molecule has 0 saturated heterocycles. The molecule has 1 atom stereocenters. The predicted molar refractivity (Wildman–Crippen MR) is 83.0 cm³/mol. The topological polar surface area (TPSA) is 45.1 Å². The molecule has 0 aliphatic heterocycles. The van der Waals surface area contributed by atoms with Gasteiger partial charge < -0.3 is 10.4 Å². The third kappa shape index (κ3) is 3.78. The molecule has 19 heavy (non-hydrogen) atoms. The lowest BCUT2D eigenvalue weighted by atomic mass is 10.1. The fourth-order valence-electron chi connectivity index (χ4n) is 1.76. The molecule has 100 valence electrons. The van der Waals surface area contributed by atoms with Gasteiger partial charge >= 0.3 is 0 Å². The van der Waals surface area contributed by atoms with Crippen LogP contribution in [0.3, 0.4) is 0 Å². The third-order valence-electron chi connectivity index (χ3n) is 2.90. The molecule has 3 nitrogen and oxygen atoms in total. The highest BCUT2D eigenvalue weighted by molar-refractivity contribution is 9.11. The number of phenolic OH excluding ortho intramolecular Hbond substituents is 1. The van der Waals surface area contributed by atoms with Gasteiger partial charge in [-0.15, -0.1) is 0 Å². The molecule has 2 rings (SSSR count). The van der Waals surface area contributed by atoms with Gasteiger partial charge in [-0.2, -0.15) is 0 Å². The smallest absolute Gasteiger partial charge is 0.143 e. The van der Waals surface area contributed by atoms with Crippen LogP contribution in [0.2, 0.25) is 0 Å². The molecule has 1 aromatic heterocycles. The molecular formula is C14H14Br2N2O. The van der Waals surface area contributed by atoms with E-state index in [9.17, 15) is 5.11 Å². The van der Waals surface area contributed by atoms with Crippen LogP contribution in [0.15, 0.2) is 45.6 Å². The summed E-state index contributed by atoms with van der Waals surface area (Å²) in [4.78, 5) is 4.01. The molecule has 5 heteroatoms. The summed E-state index contributed by atoms with van der Waals surface area (Å²) in [5, 5.41) is 13.1. The van der Waals surface area contributed by atoms with Crippen LogP contribution in [0.1, 0.15) is 24.1 Å². The fraction of sp³-hybridized carbons (Fsp3) is 0.214. The summed E-state index contributed by atoms with van der Waals surface area (Å²) in [5.74, 6) is 0.228. The lowest BCUT2D eigenvalue weighted by molar-refractivity contribution is 0.467. The van der Waals surface area contributed by atoms with Gasteiger partial charge in [-0.05, 0) is 74.2 Å². The first-order valence-corrected chi connectivity index (χ1v) is 7.46. The Balaban J connectivity index is 2.03. The molecule has 1 aromatic carbocycles. The SMILES string of the molecule is C[C@@H](NCc1cc(Br)c(O)c(Br)c1)c1ccncc1. The maximum Gasteiger partial charge on any atom is 0.143 e. The first kappa shape index (κ1) is 14.5. The number of benzene rings is 1. The van der Waals surface area contributed by atoms with E-state index in [4.69, 9.17) is 0 Å². The highest BCUT2D eigenvalue weighted by atomic mass is 79.9. The van der Waals surface area contributed by atoms with Crippen LogP contribution in [-0.2, 0) is 6.54 Å². The molecule has 0 radical (unpaired) electrons. The predicted octanol–water partition coefficient (Wildman–Crippen LogP) is 4.16. The van der Waals surface area contributed by atoms with Crippen LogP contribution in [0, 0.1) is 0 Å². The second-order valence-electron chi connectivity index (χ2n) is 4.29. The minimum Gasteiger partial charge on any atom is -0.506 e. The summed E-state index contributed by atoms with van der Waals surface area (Å²) >= 11 is 6.67. The molecule has 2 aromatic rings. The van der Waals surface area contributed by atoms with Crippen molar-refractivity contribution < 1.29 is 5.11 Å². The Bertz CT molecular complexity index is 538. The van der Waals surface area contributed by atoms with Gasteiger partial charge in [0.05, 0.1) is 8.95 Å². The van der Waals surface area contributed by atoms with Crippen molar-refractivity contribution in [2.24, 2.45) is 0 Å². The van der Waals surface area contributed by atoms with E-state index in [1.54, 1.807) is 12.4 Å². The van der Waals surface area contributed by atoms with E-state index in [-0.39, 0.29) is 11.8 Å². The lowest BCUT2D eigenvalue weighted by Crippen LogP contribution is -2.18. The molecule has 1 heterocycles. The number of hydrogen-bond acceptors (Lipinski definition) is 3. The summed E-state index contributed by atoms with van der Waals surface area (Å²) in [6, 6.07) is 8.06. The van der Waals surface area contributed by atoms with E-state index >= 15 is 0 Å². The summed E-state index contributed by atoms with van der Waals surface area (Å²) in [6.07, 6.45) is 3.59. The van der Waals surface area contributed by atoms with E-state index in [2.05, 4.69) is 49.1 Å². The molecular weight excluding hydrogens is 372 g/mol. The van der Waals surface area contributed by atoms with Crippen LogP contribution in [-0.4, -0.2) is 10.1 Å². The summed E-state index contributed by atoms with van der Waals surface area (Å²) in [7, 11) is 0. The van der Waals surface area contributed by atoms with Gasteiger partial charge in [-0.3, -0.25) is 4.98 Å². The van der Waals surface area contributed by atoms with Gasteiger partial charge in [-0.25, -0.2) is 0 Å². The average Bonchev–Trinajstić information content (AvgIpc) is 2.43. The van der Waals surface area contributed by atoms with Crippen molar-refractivity contribution in [3.05, 3.63) is 56.7 Å². The quantitative estimate of drug-likeness (QED) is 0.830. The minimum absolute atomic E-state index is 0.228. The molecule has 0 spiro atoms. The van der Waals surface area contributed by atoms with Gasteiger partial charge in [0.15, 0.2) is 0 Å². The Morgan fingerprint density at radius 1 is 1.21 bits per heavy atom. The minimum atomic E-state index is 0.228. The standard InChI is InChI=1S/C14H14Br2N2O/c1-9(11-2-4-17-5-3-11)18-8-10-6-12(15)14(19)13(16)7-10/h2-7,9,18-19H,8H2,1H3/t9-/m1/s1. The molecule has 0 aliphatic rings. The van der Waals surface area contributed by atoms with Crippen LogP contribution in [0.25, 0.3) is 0 Å². The number of pyridine rings is 1. The Hall–Kier alpha value is -0.910. The molecule has 2 N–H and O–H groups in total. The molecule has 0 fully saturated rings. The van der Waals surface area contributed by atoms with Crippen molar-refractivity contribution in [2.45, 2.75) is 19.5 Å². The van der Waals surface area contributed by atoms with Gasteiger partial charge in [0.2, 0.25) is 0 Å². The number of rotatable bonds is 4. The molecule has 0 unspecified atom stereocenters. The van der Waals surface area contributed by atoms with Crippen molar-refractivity contribution in [1.29, 1.82) is 0 Å². The number of hydrogen-bond donors (Lipinski definition) is 2. The number of aromatic hydroxyl groups is 1. The van der Waals surface area contributed by atoms with Crippen molar-refractivity contribution in [3.63, 3.8) is 0 Å². The maximum atomic E-state index is 9.67. The van der Waals surface area contributed by atoms with E-state index in [0.29, 0.717) is 8.95 Å². The zero-order chi connectivity index (χ0) is 13.8. The first-order valence-electron chi connectivity index (χ1n) is 5.88. The number of nitrogens with one attached hydrogen (secondary N) is 1.